The SMILES string of the molecule is CC[C@H](C)NC(=O)NC(=O)CN1CCN(S(=O)(=O)c2ccccc2Cl)CC1. The van der Waals surface area contributed by atoms with Gasteiger partial charge in [-0.1, -0.05) is 30.7 Å². The van der Waals surface area contributed by atoms with E-state index >= 15 is 0 Å². The van der Waals surface area contributed by atoms with E-state index in [0.717, 1.165) is 6.42 Å². The number of amides is 3. The first-order valence-electron chi connectivity index (χ1n) is 8.81. The standard InChI is InChI=1S/C17H25ClN4O4S/c1-3-13(2)19-17(24)20-16(23)12-21-8-10-22(11-9-21)27(25,26)15-7-5-4-6-14(15)18/h4-7,13H,3,8-12H2,1-2H3,(H2,19,20,23,24)/t13-/m0/s1. The summed E-state index contributed by atoms with van der Waals surface area (Å²) in [5.74, 6) is -0.418. The molecule has 0 unspecified atom stereocenters. The highest BCUT2D eigenvalue weighted by atomic mass is 35.5. The van der Waals surface area contributed by atoms with E-state index in [-0.39, 0.29) is 35.6 Å². The van der Waals surface area contributed by atoms with Gasteiger partial charge in [-0.15, -0.1) is 0 Å². The third-order valence-electron chi connectivity index (χ3n) is 4.40. The normalized spacial score (nSPS) is 17.3. The van der Waals surface area contributed by atoms with Crippen LogP contribution in [-0.4, -0.2) is 68.3 Å². The molecule has 150 valence electrons. The fourth-order valence-corrected chi connectivity index (χ4v) is 4.57. The molecule has 0 saturated carbocycles. The van der Waals surface area contributed by atoms with Crippen LogP contribution in [0.4, 0.5) is 4.79 Å². The number of piperazine rings is 1. The summed E-state index contributed by atoms with van der Waals surface area (Å²) < 4.78 is 26.8. The van der Waals surface area contributed by atoms with Gasteiger partial charge in [-0.2, -0.15) is 4.31 Å². The number of benzene rings is 1. The van der Waals surface area contributed by atoms with Crippen molar-refractivity contribution >= 4 is 33.6 Å². The highest BCUT2D eigenvalue weighted by Crippen LogP contribution is 2.24. The van der Waals surface area contributed by atoms with E-state index in [1.807, 2.05) is 18.7 Å². The summed E-state index contributed by atoms with van der Waals surface area (Å²) in [5.41, 5.74) is 0. The second kappa shape index (κ2) is 9.50. The van der Waals surface area contributed by atoms with Crippen LogP contribution in [0.3, 0.4) is 0 Å². The minimum atomic E-state index is -3.67. The van der Waals surface area contributed by atoms with E-state index in [2.05, 4.69) is 10.6 Å². The van der Waals surface area contributed by atoms with Crippen LogP contribution >= 0.6 is 11.6 Å². The van der Waals surface area contributed by atoms with Gasteiger partial charge in [0.1, 0.15) is 4.90 Å². The first-order chi connectivity index (χ1) is 12.7. The molecule has 10 heteroatoms. The number of carbonyl (C=O) groups is 2. The number of imide groups is 1. The Labute approximate surface area is 164 Å². The summed E-state index contributed by atoms with van der Waals surface area (Å²) in [6.07, 6.45) is 0.767. The summed E-state index contributed by atoms with van der Waals surface area (Å²) in [7, 11) is -3.67. The zero-order chi connectivity index (χ0) is 20.0. The lowest BCUT2D eigenvalue weighted by atomic mass is 10.3. The van der Waals surface area contributed by atoms with E-state index in [1.54, 1.807) is 18.2 Å². The molecule has 0 aromatic heterocycles. The van der Waals surface area contributed by atoms with Gasteiger partial charge in [0.05, 0.1) is 11.6 Å². The minimum absolute atomic E-state index is 0.0173. The molecule has 2 rings (SSSR count). The second-order valence-corrected chi connectivity index (χ2v) is 8.76. The Balaban J connectivity index is 1.86. The van der Waals surface area contributed by atoms with Crippen molar-refractivity contribution in [1.82, 2.24) is 19.8 Å². The van der Waals surface area contributed by atoms with Gasteiger partial charge in [-0.3, -0.25) is 15.0 Å². The molecule has 0 spiro atoms. The van der Waals surface area contributed by atoms with Crippen LogP contribution in [0, 0.1) is 0 Å². The molecule has 1 atom stereocenters. The van der Waals surface area contributed by atoms with Gasteiger partial charge in [-0.25, -0.2) is 13.2 Å². The predicted molar refractivity (Wildman–Crippen MR) is 103 cm³/mol. The average molecular weight is 417 g/mol. The summed E-state index contributed by atoms with van der Waals surface area (Å²) in [6.45, 7) is 5.10. The van der Waals surface area contributed by atoms with E-state index < -0.39 is 22.0 Å². The van der Waals surface area contributed by atoms with Crippen LogP contribution in [0.15, 0.2) is 29.2 Å². The predicted octanol–water partition coefficient (Wildman–Crippen LogP) is 1.27. The fourth-order valence-electron chi connectivity index (χ4n) is 2.65. The maximum absolute atomic E-state index is 12.7. The number of hydrogen-bond acceptors (Lipinski definition) is 5. The van der Waals surface area contributed by atoms with Crippen molar-refractivity contribution in [3.05, 3.63) is 29.3 Å². The van der Waals surface area contributed by atoms with E-state index in [1.165, 1.54) is 10.4 Å². The number of nitrogens with one attached hydrogen (secondary N) is 2. The fraction of sp³-hybridized carbons (Fsp3) is 0.529. The minimum Gasteiger partial charge on any atom is -0.335 e. The van der Waals surface area contributed by atoms with Crippen LogP contribution in [0.5, 0.6) is 0 Å². The van der Waals surface area contributed by atoms with E-state index in [9.17, 15) is 18.0 Å². The maximum atomic E-state index is 12.7. The van der Waals surface area contributed by atoms with Crippen LogP contribution in [0.25, 0.3) is 0 Å². The van der Waals surface area contributed by atoms with Crippen molar-refractivity contribution < 1.29 is 18.0 Å². The molecule has 0 radical (unpaired) electrons. The van der Waals surface area contributed by atoms with Gasteiger partial charge in [0.15, 0.2) is 0 Å². The molecular weight excluding hydrogens is 392 g/mol. The van der Waals surface area contributed by atoms with Gasteiger partial charge in [0.2, 0.25) is 15.9 Å². The molecule has 8 nitrogen and oxygen atoms in total. The van der Waals surface area contributed by atoms with Crippen LogP contribution < -0.4 is 10.6 Å². The Hall–Kier alpha value is -1.68. The maximum Gasteiger partial charge on any atom is 0.321 e. The molecule has 1 aliphatic heterocycles. The van der Waals surface area contributed by atoms with Gasteiger partial charge in [-0.05, 0) is 25.5 Å². The summed E-state index contributed by atoms with van der Waals surface area (Å²) in [6, 6.07) is 5.79. The van der Waals surface area contributed by atoms with Crippen LogP contribution in [0.2, 0.25) is 5.02 Å². The Bertz CT molecular complexity index is 779. The molecule has 3 amide bonds. The van der Waals surface area contributed by atoms with Crippen molar-refractivity contribution in [3.8, 4) is 0 Å². The topological polar surface area (TPSA) is 98.8 Å². The number of sulfonamides is 1. The zero-order valence-corrected chi connectivity index (χ0v) is 17.0. The third-order valence-corrected chi connectivity index (χ3v) is 6.79. The molecule has 1 aromatic rings. The number of halogens is 1. The van der Waals surface area contributed by atoms with Crippen molar-refractivity contribution in [1.29, 1.82) is 0 Å². The van der Waals surface area contributed by atoms with Crippen LogP contribution in [-0.2, 0) is 14.8 Å². The van der Waals surface area contributed by atoms with Crippen molar-refractivity contribution in [2.45, 2.75) is 31.2 Å². The van der Waals surface area contributed by atoms with Crippen molar-refractivity contribution in [2.75, 3.05) is 32.7 Å². The number of hydrogen-bond donors (Lipinski definition) is 2. The molecule has 1 saturated heterocycles. The monoisotopic (exact) mass is 416 g/mol. The number of urea groups is 1. The Morgan fingerprint density at radius 2 is 1.81 bits per heavy atom. The molecular formula is C17H25ClN4O4S. The lowest BCUT2D eigenvalue weighted by molar-refractivity contribution is -0.121. The summed E-state index contributed by atoms with van der Waals surface area (Å²) in [4.78, 5) is 25.5. The van der Waals surface area contributed by atoms with Crippen molar-refractivity contribution in [2.24, 2.45) is 0 Å². The number of nitrogens with zero attached hydrogens (tertiary/aromatic N) is 2. The smallest absolute Gasteiger partial charge is 0.321 e. The van der Waals surface area contributed by atoms with Gasteiger partial charge >= 0.3 is 6.03 Å². The zero-order valence-electron chi connectivity index (χ0n) is 15.4. The first-order valence-corrected chi connectivity index (χ1v) is 10.6. The lowest BCUT2D eigenvalue weighted by Crippen LogP contribution is -2.52. The molecule has 1 fully saturated rings. The summed E-state index contributed by atoms with van der Waals surface area (Å²) in [5, 5.41) is 5.13. The number of carbonyl (C=O) groups excluding carboxylic acids is 2. The molecule has 0 bridgehead atoms. The first kappa shape index (κ1) is 21.6. The number of rotatable bonds is 6. The third kappa shape index (κ3) is 5.90. The molecule has 1 heterocycles. The highest BCUT2D eigenvalue weighted by molar-refractivity contribution is 7.89. The highest BCUT2D eigenvalue weighted by Gasteiger charge is 2.30. The molecule has 0 aliphatic carbocycles. The van der Waals surface area contributed by atoms with Gasteiger partial charge in [0.25, 0.3) is 0 Å². The quantitative estimate of drug-likeness (QED) is 0.727. The molecule has 1 aromatic carbocycles. The van der Waals surface area contributed by atoms with E-state index in [4.69, 9.17) is 11.6 Å². The van der Waals surface area contributed by atoms with Gasteiger partial charge < -0.3 is 5.32 Å². The molecule has 1 aliphatic rings. The largest absolute Gasteiger partial charge is 0.335 e. The Morgan fingerprint density at radius 1 is 1.19 bits per heavy atom. The Kier molecular flexibility index (Phi) is 7.60. The van der Waals surface area contributed by atoms with E-state index in [0.29, 0.717) is 13.1 Å². The summed E-state index contributed by atoms with van der Waals surface area (Å²) >= 11 is 6.01. The molecule has 2 N–H and O–H groups in total. The Morgan fingerprint density at radius 3 is 2.41 bits per heavy atom. The van der Waals surface area contributed by atoms with Crippen molar-refractivity contribution in [3.63, 3.8) is 0 Å². The van der Waals surface area contributed by atoms with Crippen LogP contribution in [0.1, 0.15) is 20.3 Å². The average Bonchev–Trinajstić information content (AvgIpc) is 2.62. The lowest BCUT2D eigenvalue weighted by Gasteiger charge is -2.33. The van der Waals surface area contributed by atoms with Gasteiger partial charge in [0, 0.05) is 32.2 Å². The second-order valence-electron chi connectivity index (χ2n) is 6.44. The molecule has 27 heavy (non-hydrogen) atoms.